The first kappa shape index (κ1) is 17.2. The van der Waals surface area contributed by atoms with Crippen LogP contribution >= 0.6 is 11.6 Å². The van der Waals surface area contributed by atoms with Crippen molar-refractivity contribution in [2.45, 2.75) is 50.5 Å². The van der Waals surface area contributed by atoms with Crippen molar-refractivity contribution in [2.75, 3.05) is 6.54 Å². The SMILES string of the molecule is O=C(CCC(=O)N1CCCC1c1nc(C2CC2)no1)c1ccc(Cl)cc1. The molecule has 6 nitrogen and oxygen atoms in total. The third kappa shape index (κ3) is 3.65. The molecule has 0 N–H and O–H groups in total. The van der Waals surface area contributed by atoms with Crippen molar-refractivity contribution >= 4 is 23.3 Å². The van der Waals surface area contributed by atoms with Crippen molar-refractivity contribution in [1.29, 1.82) is 0 Å². The highest BCUT2D eigenvalue weighted by molar-refractivity contribution is 6.30. The molecule has 1 aromatic heterocycles. The van der Waals surface area contributed by atoms with Gasteiger partial charge in [-0.3, -0.25) is 9.59 Å². The van der Waals surface area contributed by atoms with Gasteiger partial charge < -0.3 is 9.42 Å². The molecule has 4 rings (SSSR count). The quantitative estimate of drug-likeness (QED) is 0.717. The molecule has 1 aromatic carbocycles. The van der Waals surface area contributed by atoms with Crippen LogP contribution in [0.3, 0.4) is 0 Å². The van der Waals surface area contributed by atoms with Crippen molar-refractivity contribution in [3.63, 3.8) is 0 Å². The zero-order valence-electron chi connectivity index (χ0n) is 14.4. The summed E-state index contributed by atoms with van der Waals surface area (Å²) in [6.45, 7) is 0.666. The number of benzene rings is 1. The summed E-state index contributed by atoms with van der Waals surface area (Å²) in [7, 11) is 0. The van der Waals surface area contributed by atoms with E-state index in [9.17, 15) is 9.59 Å². The maximum Gasteiger partial charge on any atom is 0.249 e. The van der Waals surface area contributed by atoms with Gasteiger partial charge in [0, 0.05) is 35.9 Å². The van der Waals surface area contributed by atoms with E-state index in [1.54, 1.807) is 29.2 Å². The van der Waals surface area contributed by atoms with Gasteiger partial charge in [-0.2, -0.15) is 4.98 Å². The van der Waals surface area contributed by atoms with E-state index < -0.39 is 0 Å². The second kappa shape index (κ2) is 7.19. The largest absolute Gasteiger partial charge is 0.337 e. The van der Waals surface area contributed by atoms with Gasteiger partial charge in [-0.15, -0.1) is 0 Å². The van der Waals surface area contributed by atoms with Crippen molar-refractivity contribution in [1.82, 2.24) is 15.0 Å². The average molecular weight is 374 g/mol. The summed E-state index contributed by atoms with van der Waals surface area (Å²) in [6.07, 6.45) is 4.31. The molecule has 2 aromatic rings. The van der Waals surface area contributed by atoms with E-state index in [2.05, 4.69) is 10.1 Å². The number of ketones is 1. The summed E-state index contributed by atoms with van der Waals surface area (Å²) in [5.74, 6) is 1.62. The number of hydrogen-bond donors (Lipinski definition) is 0. The number of carbonyl (C=O) groups excluding carboxylic acids is 2. The Morgan fingerprint density at radius 1 is 1.15 bits per heavy atom. The van der Waals surface area contributed by atoms with E-state index in [4.69, 9.17) is 16.1 Å². The molecule has 2 fully saturated rings. The van der Waals surface area contributed by atoms with E-state index in [0.717, 1.165) is 31.5 Å². The van der Waals surface area contributed by atoms with Gasteiger partial charge in [-0.1, -0.05) is 16.8 Å². The van der Waals surface area contributed by atoms with Gasteiger partial charge in [0.2, 0.25) is 11.8 Å². The summed E-state index contributed by atoms with van der Waals surface area (Å²) in [5, 5.41) is 4.63. The van der Waals surface area contributed by atoms with Gasteiger partial charge in [0.05, 0.1) is 0 Å². The summed E-state index contributed by atoms with van der Waals surface area (Å²) >= 11 is 5.84. The Hall–Kier alpha value is -2.21. The number of rotatable bonds is 6. The third-order valence-electron chi connectivity index (χ3n) is 4.99. The molecule has 2 aliphatic rings. The maximum absolute atomic E-state index is 12.6. The minimum absolute atomic E-state index is 0.0408. The smallest absolute Gasteiger partial charge is 0.249 e. The van der Waals surface area contributed by atoms with E-state index in [1.165, 1.54) is 0 Å². The van der Waals surface area contributed by atoms with Crippen molar-refractivity contribution in [3.8, 4) is 0 Å². The van der Waals surface area contributed by atoms with Crippen molar-refractivity contribution < 1.29 is 14.1 Å². The number of likely N-dealkylation sites (tertiary alicyclic amines) is 1. The highest BCUT2D eigenvalue weighted by atomic mass is 35.5. The fourth-order valence-corrected chi connectivity index (χ4v) is 3.48. The van der Waals surface area contributed by atoms with E-state index >= 15 is 0 Å². The summed E-state index contributed by atoms with van der Waals surface area (Å²) in [6, 6.07) is 6.57. The average Bonchev–Trinajstić information content (AvgIpc) is 3.18. The molecule has 1 saturated heterocycles. The summed E-state index contributed by atoms with van der Waals surface area (Å²) < 4.78 is 5.40. The van der Waals surface area contributed by atoms with Crippen LogP contribution in [0.15, 0.2) is 28.8 Å². The molecule has 1 aliphatic heterocycles. The Labute approximate surface area is 156 Å². The van der Waals surface area contributed by atoms with E-state index in [1.807, 2.05) is 0 Å². The Balaban J connectivity index is 1.37. The molecule has 0 radical (unpaired) electrons. The predicted octanol–water partition coefficient (Wildman–Crippen LogP) is 3.93. The lowest BCUT2D eigenvalue weighted by Crippen LogP contribution is -2.31. The second-order valence-corrected chi connectivity index (χ2v) is 7.38. The van der Waals surface area contributed by atoms with E-state index in [0.29, 0.717) is 28.9 Å². The van der Waals surface area contributed by atoms with Crippen LogP contribution in [0.4, 0.5) is 0 Å². The minimum Gasteiger partial charge on any atom is -0.337 e. The summed E-state index contributed by atoms with van der Waals surface area (Å²) in [5.41, 5.74) is 0.575. The Morgan fingerprint density at radius 3 is 2.65 bits per heavy atom. The molecule has 7 heteroatoms. The molecule has 136 valence electrons. The van der Waals surface area contributed by atoms with Gasteiger partial charge in [-0.25, -0.2) is 0 Å². The predicted molar refractivity (Wildman–Crippen MR) is 95.0 cm³/mol. The number of hydrogen-bond acceptors (Lipinski definition) is 5. The van der Waals surface area contributed by atoms with Gasteiger partial charge in [0.25, 0.3) is 0 Å². The topological polar surface area (TPSA) is 76.3 Å². The van der Waals surface area contributed by atoms with Crippen LogP contribution in [0.2, 0.25) is 5.02 Å². The minimum atomic E-state index is -0.159. The standard InChI is InChI=1S/C19H20ClN3O3/c20-14-7-5-12(6-8-14)16(24)9-10-17(25)23-11-1-2-15(23)19-21-18(22-26-19)13-3-4-13/h5-8,13,15H,1-4,9-11H2. The Kier molecular flexibility index (Phi) is 4.76. The van der Waals surface area contributed by atoms with Crippen LogP contribution in [0.25, 0.3) is 0 Å². The lowest BCUT2D eigenvalue weighted by molar-refractivity contribution is -0.132. The van der Waals surface area contributed by atoms with Crippen LogP contribution in [0.1, 0.15) is 72.6 Å². The number of aromatic nitrogens is 2. The molecular formula is C19H20ClN3O3. The molecule has 0 spiro atoms. The summed E-state index contributed by atoms with van der Waals surface area (Å²) in [4.78, 5) is 31.2. The van der Waals surface area contributed by atoms with Crippen LogP contribution in [0.5, 0.6) is 0 Å². The lowest BCUT2D eigenvalue weighted by atomic mass is 10.1. The number of amides is 1. The zero-order valence-corrected chi connectivity index (χ0v) is 15.1. The number of nitrogens with zero attached hydrogens (tertiary/aromatic N) is 3. The molecule has 2 heterocycles. The molecule has 1 amide bonds. The monoisotopic (exact) mass is 373 g/mol. The Bertz CT molecular complexity index is 814. The number of carbonyl (C=O) groups is 2. The highest BCUT2D eigenvalue weighted by Gasteiger charge is 2.36. The normalized spacial score (nSPS) is 19.7. The fourth-order valence-electron chi connectivity index (χ4n) is 3.36. The highest BCUT2D eigenvalue weighted by Crippen LogP contribution is 2.39. The van der Waals surface area contributed by atoms with Crippen LogP contribution in [0, 0.1) is 0 Å². The molecule has 26 heavy (non-hydrogen) atoms. The first-order valence-electron chi connectivity index (χ1n) is 9.03. The maximum atomic E-state index is 12.6. The molecule has 0 bridgehead atoms. The molecule has 1 unspecified atom stereocenters. The van der Waals surface area contributed by atoms with E-state index in [-0.39, 0.29) is 30.6 Å². The van der Waals surface area contributed by atoms with Gasteiger partial charge in [0.15, 0.2) is 11.6 Å². The lowest BCUT2D eigenvalue weighted by Gasteiger charge is -2.21. The van der Waals surface area contributed by atoms with Gasteiger partial charge in [-0.05, 0) is 49.9 Å². The fraction of sp³-hybridized carbons (Fsp3) is 0.474. The first-order valence-corrected chi connectivity index (χ1v) is 9.41. The second-order valence-electron chi connectivity index (χ2n) is 6.94. The van der Waals surface area contributed by atoms with Crippen LogP contribution in [-0.2, 0) is 4.79 Å². The third-order valence-corrected chi connectivity index (χ3v) is 5.24. The van der Waals surface area contributed by atoms with Gasteiger partial charge >= 0.3 is 0 Å². The van der Waals surface area contributed by atoms with Crippen molar-refractivity contribution in [2.24, 2.45) is 0 Å². The van der Waals surface area contributed by atoms with Gasteiger partial charge in [0.1, 0.15) is 6.04 Å². The number of halogens is 1. The van der Waals surface area contributed by atoms with Crippen LogP contribution < -0.4 is 0 Å². The Morgan fingerprint density at radius 2 is 1.92 bits per heavy atom. The number of Topliss-reactive ketones (excluding diaryl/α,β-unsaturated/α-hetero) is 1. The molecule has 1 atom stereocenters. The van der Waals surface area contributed by atoms with Crippen LogP contribution in [-0.4, -0.2) is 33.3 Å². The molecule has 1 aliphatic carbocycles. The zero-order chi connectivity index (χ0) is 18.1. The first-order chi connectivity index (χ1) is 12.6. The molecule has 1 saturated carbocycles. The van der Waals surface area contributed by atoms with Crippen molar-refractivity contribution in [3.05, 3.63) is 46.6 Å². The molecular weight excluding hydrogens is 354 g/mol.